The van der Waals surface area contributed by atoms with Crippen molar-refractivity contribution in [3.8, 4) is 22.8 Å². The van der Waals surface area contributed by atoms with Crippen molar-refractivity contribution < 1.29 is 0 Å². The van der Waals surface area contributed by atoms with Crippen molar-refractivity contribution in [1.29, 1.82) is 0 Å². The average molecular weight is 393 g/mol. The van der Waals surface area contributed by atoms with Gasteiger partial charge in [0.25, 0.3) is 0 Å². The van der Waals surface area contributed by atoms with E-state index in [4.69, 9.17) is 9.97 Å². The van der Waals surface area contributed by atoms with E-state index in [1.165, 1.54) is 6.42 Å². The molecule has 3 aromatic rings. The van der Waals surface area contributed by atoms with Crippen LogP contribution in [-0.2, 0) is 13.1 Å². The van der Waals surface area contributed by atoms with Crippen LogP contribution in [0.5, 0.6) is 0 Å². The first-order valence-corrected chi connectivity index (χ1v) is 10.8. The topological polar surface area (TPSA) is 59.7 Å². The Morgan fingerprint density at radius 2 is 1.72 bits per heavy atom. The summed E-state index contributed by atoms with van der Waals surface area (Å²) in [5, 5.41) is 0. The van der Waals surface area contributed by atoms with Crippen molar-refractivity contribution in [2.24, 2.45) is 5.92 Å². The lowest BCUT2D eigenvalue weighted by molar-refractivity contribution is 0.390. The Labute approximate surface area is 173 Å². The van der Waals surface area contributed by atoms with E-state index < -0.39 is 0 Å². The molecule has 3 heterocycles. The molecule has 2 atom stereocenters. The molecular weight excluding hydrogens is 360 g/mol. The Morgan fingerprint density at radius 3 is 2.45 bits per heavy atom. The Balaban J connectivity index is 1.62. The van der Waals surface area contributed by atoms with Gasteiger partial charge in [-0.1, -0.05) is 37.3 Å². The van der Waals surface area contributed by atoms with Crippen LogP contribution < -0.4 is 10.9 Å². The van der Waals surface area contributed by atoms with Crippen LogP contribution in [0, 0.1) is 5.92 Å². The van der Waals surface area contributed by atoms with Gasteiger partial charge in [-0.2, -0.15) is 0 Å². The van der Waals surface area contributed by atoms with E-state index in [2.05, 4.69) is 71.2 Å². The first kappa shape index (κ1) is 19.9. The lowest BCUT2D eigenvalue weighted by Crippen LogP contribution is -2.30. The fraction of sp³-hybridized carbons (Fsp3) is 0.478. The van der Waals surface area contributed by atoms with Gasteiger partial charge in [-0.3, -0.25) is 10.9 Å². The minimum absolute atomic E-state index is 0.510. The second-order valence-corrected chi connectivity index (χ2v) is 8.12. The standard InChI is InChI=1S/C23H32N6/c1-4-13-28-15-12-24-23(28)22-21(19-9-6-5-7-10-19)25-16-29(22)14-8-11-20-17(2)26-27-18(20)3/h5-7,9-10,12,15-18,20,26-27H,4,8,11,13-14H2,1-3H3. The predicted molar refractivity (Wildman–Crippen MR) is 117 cm³/mol. The van der Waals surface area contributed by atoms with E-state index in [0.717, 1.165) is 48.7 Å². The summed E-state index contributed by atoms with van der Waals surface area (Å²) in [5.74, 6) is 1.66. The van der Waals surface area contributed by atoms with E-state index in [0.29, 0.717) is 18.0 Å². The summed E-state index contributed by atoms with van der Waals surface area (Å²) < 4.78 is 4.54. The quantitative estimate of drug-likeness (QED) is 0.606. The Bertz CT molecular complexity index is 903. The van der Waals surface area contributed by atoms with Gasteiger partial charge in [0, 0.05) is 43.1 Å². The molecule has 1 aromatic carbocycles. The molecule has 0 bridgehead atoms. The predicted octanol–water partition coefficient (Wildman–Crippen LogP) is 4.10. The molecular formula is C23H32N6. The molecule has 0 spiro atoms. The van der Waals surface area contributed by atoms with Crippen LogP contribution in [-0.4, -0.2) is 31.2 Å². The average Bonchev–Trinajstić information content (AvgIpc) is 3.43. The zero-order valence-corrected chi connectivity index (χ0v) is 17.7. The Morgan fingerprint density at radius 1 is 0.966 bits per heavy atom. The van der Waals surface area contributed by atoms with E-state index in [-0.39, 0.29) is 0 Å². The van der Waals surface area contributed by atoms with Crippen LogP contribution in [0.1, 0.15) is 40.0 Å². The number of nitrogens with one attached hydrogen (secondary N) is 2. The first-order chi connectivity index (χ1) is 14.2. The summed E-state index contributed by atoms with van der Waals surface area (Å²) in [6, 6.07) is 11.5. The molecule has 0 aliphatic carbocycles. The van der Waals surface area contributed by atoms with E-state index >= 15 is 0 Å². The third kappa shape index (κ3) is 4.14. The van der Waals surface area contributed by atoms with Gasteiger partial charge in [-0.15, -0.1) is 0 Å². The molecule has 2 N–H and O–H groups in total. The van der Waals surface area contributed by atoms with Gasteiger partial charge in [0.15, 0.2) is 5.82 Å². The summed E-state index contributed by atoms with van der Waals surface area (Å²) in [5.41, 5.74) is 10.0. The monoisotopic (exact) mass is 392 g/mol. The van der Waals surface area contributed by atoms with Crippen LogP contribution in [0.25, 0.3) is 22.8 Å². The zero-order chi connectivity index (χ0) is 20.2. The van der Waals surface area contributed by atoms with Crippen LogP contribution in [0.15, 0.2) is 49.1 Å². The van der Waals surface area contributed by atoms with Crippen molar-refractivity contribution in [2.75, 3.05) is 0 Å². The highest BCUT2D eigenvalue weighted by Crippen LogP contribution is 2.31. The Kier molecular flexibility index (Phi) is 6.11. The first-order valence-electron chi connectivity index (χ1n) is 10.8. The van der Waals surface area contributed by atoms with Gasteiger partial charge >= 0.3 is 0 Å². The summed E-state index contributed by atoms with van der Waals surface area (Å²) in [4.78, 5) is 9.52. The van der Waals surface area contributed by atoms with Gasteiger partial charge in [0.1, 0.15) is 5.69 Å². The lowest BCUT2D eigenvalue weighted by atomic mass is 9.92. The summed E-state index contributed by atoms with van der Waals surface area (Å²) in [6.07, 6.45) is 9.34. The zero-order valence-electron chi connectivity index (χ0n) is 17.7. The molecule has 6 heteroatoms. The number of hydrogen-bond donors (Lipinski definition) is 2. The number of benzene rings is 1. The van der Waals surface area contributed by atoms with Crippen LogP contribution in [0.4, 0.5) is 0 Å². The lowest BCUT2D eigenvalue weighted by Gasteiger charge is -2.18. The second kappa shape index (κ2) is 8.93. The molecule has 0 amide bonds. The minimum atomic E-state index is 0.510. The SMILES string of the molecule is CCCn1ccnc1-c1c(-c2ccccc2)ncn1CCCC1C(C)NNC1C. The molecule has 1 aliphatic rings. The van der Waals surface area contributed by atoms with Gasteiger partial charge in [-0.05, 0) is 39.0 Å². The maximum atomic E-state index is 4.81. The molecule has 29 heavy (non-hydrogen) atoms. The summed E-state index contributed by atoms with van der Waals surface area (Å²) >= 11 is 0. The van der Waals surface area contributed by atoms with E-state index in [1.54, 1.807) is 0 Å². The van der Waals surface area contributed by atoms with E-state index in [9.17, 15) is 0 Å². The molecule has 1 fully saturated rings. The molecule has 0 radical (unpaired) electrons. The van der Waals surface area contributed by atoms with Gasteiger partial charge in [0.05, 0.1) is 12.0 Å². The maximum Gasteiger partial charge on any atom is 0.158 e. The number of hydrazine groups is 1. The maximum absolute atomic E-state index is 4.81. The molecule has 154 valence electrons. The highest BCUT2D eigenvalue weighted by Gasteiger charge is 2.29. The number of nitrogens with zero attached hydrogens (tertiary/aromatic N) is 4. The van der Waals surface area contributed by atoms with Crippen LogP contribution >= 0.6 is 0 Å². The number of imidazole rings is 2. The second-order valence-electron chi connectivity index (χ2n) is 8.12. The molecule has 0 saturated carbocycles. The third-order valence-electron chi connectivity index (χ3n) is 6.04. The van der Waals surface area contributed by atoms with Crippen molar-refractivity contribution in [1.82, 2.24) is 30.0 Å². The van der Waals surface area contributed by atoms with Crippen molar-refractivity contribution in [2.45, 2.75) is 65.2 Å². The fourth-order valence-electron chi connectivity index (χ4n) is 4.45. The third-order valence-corrected chi connectivity index (χ3v) is 6.04. The highest BCUT2D eigenvalue weighted by atomic mass is 15.4. The van der Waals surface area contributed by atoms with Crippen molar-refractivity contribution >= 4 is 0 Å². The summed E-state index contributed by atoms with van der Waals surface area (Å²) in [7, 11) is 0. The minimum Gasteiger partial charge on any atom is -0.330 e. The number of hydrogen-bond acceptors (Lipinski definition) is 4. The number of rotatable bonds is 8. The molecule has 1 saturated heterocycles. The van der Waals surface area contributed by atoms with E-state index in [1.807, 2.05) is 18.6 Å². The van der Waals surface area contributed by atoms with Gasteiger partial charge < -0.3 is 9.13 Å². The largest absolute Gasteiger partial charge is 0.330 e. The molecule has 1 aliphatic heterocycles. The molecule has 6 nitrogen and oxygen atoms in total. The molecule has 2 aromatic heterocycles. The van der Waals surface area contributed by atoms with Crippen molar-refractivity contribution in [3.05, 3.63) is 49.1 Å². The highest BCUT2D eigenvalue weighted by molar-refractivity contribution is 5.75. The van der Waals surface area contributed by atoms with Gasteiger partial charge in [0.2, 0.25) is 0 Å². The molecule has 4 rings (SSSR count). The smallest absolute Gasteiger partial charge is 0.158 e. The Hall–Kier alpha value is -2.44. The van der Waals surface area contributed by atoms with Crippen LogP contribution in [0.3, 0.4) is 0 Å². The molecule has 2 unspecified atom stereocenters. The van der Waals surface area contributed by atoms with Crippen LogP contribution in [0.2, 0.25) is 0 Å². The fourth-order valence-corrected chi connectivity index (χ4v) is 4.45. The normalized spacial score (nSPS) is 21.7. The van der Waals surface area contributed by atoms with Gasteiger partial charge in [-0.25, -0.2) is 9.97 Å². The number of aryl methyl sites for hydroxylation is 2. The van der Waals surface area contributed by atoms with Crippen molar-refractivity contribution in [3.63, 3.8) is 0 Å². The summed E-state index contributed by atoms with van der Waals surface area (Å²) in [6.45, 7) is 8.64. The number of aromatic nitrogens is 4.